The van der Waals surface area contributed by atoms with Crippen molar-refractivity contribution in [1.82, 2.24) is 19.5 Å². The van der Waals surface area contributed by atoms with Crippen LogP contribution < -0.4 is 0 Å². The average Bonchev–Trinajstić information content (AvgIpc) is 3.77. The summed E-state index contributed by atoms with van der Waals surface area (Å²) in [7, 11) is 0. The molecule has 0 fully saturated rings. The van der Waals surface area contributed by atoms with Gasteiger partial charge < -0.3 is 4.42 Å². The molecular formula is C47H28N4O. The maximum Gasteiger partial charge on any atom is 0.238 e. The molecule has 0 N–H and O–H groups in total. The first kappa shape index (κ1) is 28.7. The quantitative estimate of drug-likeness (QED) is 0.188. The van der Waals surface area contributed by atoms with E-state index in [-0.39, 0.29) is 0 Å². The number of rotatable bonds is 4. The summed E-state index contributed by atoms with van der Waals surface area (Å²) in [5.41, 5.74) is 7.98. The van der Waals surface area contributed by atoms with E-state index < -0.39 is 0 Å². The van der Waals surface area contributed by atoms with Crippen molar-refractivity contribution in [2.75, 3.05) is 0 Å². The van der Waals surface area contributed by atoms with E-state index in [0.29, 0.717) is 17.6 Å². The van der Waals surface area contributed by atoms with Crippen LogP contribution in [-0.2, 0) is 0 Å². The van der Waals surface area contributed by atoms with Gasteiger partial charge in [-0.1, -0.05) is 133 Å². The molecule has 0 radical (unpaired) electrons. The van der Waals surface area contributed by atoms with Gasteiger partial charge in [0, 0.05) is 32.7 Å². The molecular weight excluding hydrogens is 637 g/mol. The number of nitrogens with zero attached hydrogens (tertiary/aromatic N) is 4. The third kappa shape index (κ3) is 4.39. The number of hydrogen-bond donors (Lipinski definition) is 0. The van der Waals surface area contributed by atoms with Gasteiger partial charge in [0.25, 0.3) is 0 Å². The Hall–Kier alpha value is -7.11. The predicted molar refractivity (Wildman–Crippen MR) is 213 cm³/mol. The molecule has 0 unspecified atom stereocenters. The van der Waals surface area contributed by atoms with Crippen molar-refractivity contribution in [3.8, 4) is 39.9 Å². The molecule has 11 aromatic rings. The largest absolute Gasteiger partial charge is 0.456 e. The van der Waals surface area contributed by atoms with Crippen molar-refractivity contribution < 1.29 is 4.42 Å². The first-order valence-electron chi connectivity index (χ1n) is 17.4. The summed E-state index contributed by atoms with van der Waals surface area (Å²) >= 11 is 0. The van der Waals surface area contributed by atoms with Crippen LogP contribution in [0, 0.1) is 0 Å². The van der Waals surface area contributed by atoms with Gasteiger partial charge >= 0.3 is 0 Å². The van der Waals surface area contributed by atoms with Gasteiger partial charge in [0.05, 0.1) is 11.0 Å². The summed E-state index contributed by atoms with van der Waals surface area (Å²) in [4.78, 5) is 15.3. The smallest absolute Gasteiger partial charge is 0.238 e. The second kappa shape index (κ2) is 11.2. The van der Waals surface area contributed by atoms with Gasteiger partial charge in [0.1, 0.15) is 11.2 Å². The fourth-order valence-corrected chi connectivity index (χ4v) is 7.81. The summed E-state index contributed by atoms with van der Waals surface area (Å²) in [6.07, 6.45) is 0. The van der Waals surface area contributed by atoms with Crippen LogP contribution in [0.5, 0.6) is 0 Å². The lowest BCUT2D eigenvalue weighted by Crippen LogP contribution is -2.06. The van der Waals surface area contributed by atoms with Crippen LogP contribution in [0.4, 0.5) is 0 Å². The molecule has 0 saturated carbocycles. The lowest BCUT2D eigenvalue weighted by Gasteiger charge is -2.11. The maximum atomic E-state index is 6.34. The molecule has 11 rings (SSSR count). The monoisotopic (exact) mass is 664 g/mol. The van der Waals surface area contributed by atoms with Crippen molar-refractivity contribution >= 4 is 65.3 Å². The van der Waals surface area contributed by atoms with E-state index in [1.165, 1.54) is 26.9 Å². The fourth-order valence-electron chi connectivity index (χ4n) is 7.81. The van der Waals surface area contributed by atoms with E-state index in [1.54, 1.807) is 0 Å². The molecule has 0 aliphatic heterocycles. The molecule has 0 aliphatic carbocycles. The number of benzene rings is 8. The molecule has 3 heterocycles. The Labute approximate surface area is 298 Å². The molecule has 8 aromatic carbocycles. The number of aromatic nitrogens is 4. The molecule has 52 heavy (non-hydrogen) atoms. The number of fused-ring (bicyclic) bond motifs is 10. The van der Waals surface area contributed by atoms with Gasteiger partial charge in [0.2, 0.25) is 5.95 Å². The highest BCUT2D eigenvalue weighted by Crippen LogP contribution is 2.41. The minimum Gasteiger partial charge on any atom is -0.456 e. The van der Waals surface area contributed by atoms with Crippen LogP contribution in [-0.4, -0.2) is 19.5 Å². The van der Waals surface area contributed by atoms with Crippen molar-refractivity contribution in [1.29, 1.82) is 0 Å². The van der Waals surface area contributed by atoms with Crippen molar-refractivity contribution in [2.45, 2.75) is 0 Å². The Morgan fingerprint density at radius 2 is 0.904 bits per heavy atom. The maximum absolute atomic E-state index is 6.34. The van der Waals surface area contributed by atoms with E-state index in [9.17, 15) is 0 Å². The molecule has 0 saturated heterocycles. The minimum absolute atomic E-state index is 0.578. The third-order valence-electron chi connectivity index (χ3n) is 10.2. The molecule has 0 bridgehead atoms. The zero-order valence-corrected chi connectivity index (χ0v) is 27.9. The number of hydrogen-bond acceptors (Lipinski definition) is 4. The predicted octanol–water partition coefficient (Wildman–Crippen LogP) is 12.2. The van der Waals surface area contributed by atoms with Gasteiger partial charge in [-0.25, -0.2) is 4.98 Å². The van der Waals surface area contributed by atoms with E-state index in [4.69, 9.17) is 19.4 Å². The zero-order chi connectivity index (χ0) is 34.2. The number of furan rings is 1. The summed E-state index contributed by atoms with van der Waals surface area (Å²) in [5.74, 6) is 1.84. The molecule has 242 valence electrons. The topological polar surface area (TPSA) is 56.7 Å². The minimum atomic E-state index is 0.578. The van der Waals surface area contributed by atoms with Gasteiger partial charge in [-0.3, -0.25) is 4.57 Å². The summed E-state index contributed by atoms with van der Waals surface area (Å²) < 4.78 is 8.54. The molecule has 5 heteroatoms. The van der Waals surface area contributed by atoms with E-state index in [2.05, 4.69) is 114 Å². The Morgan fingerprint density at radius 3 is 1.60 bits per heavy atom. The Morgan fingerprint density at radius 1 is 0.365 bits per heavy atom. The SMILES string of the molecule is c1ccc(-c2nc(-c3ccccc3)nc(-n3c4ccc(-c5ccc6oc7ccc8ccccc8c7c6c5)cc4c4c5ccccc5ccc43)n2)cc1. The Kier molecular flexibility index (Phi) is 6.18. The van der Waals surface area contributed by atoms with Crippen LogP contribution in [0.1, 0.15) is 0 Å². The highest BCUT2D eigenvalue weighted by atomic mass is 16.3. The zero-order valence-electron chi connectivity index (χ0n) is 27.9. The lowest BCUT2D eigenvalue weighted by molar-refractivity contribution is 0.669. The molecule has 0 spiro atoms. The first-order valence-corrected chi connectivity index (χ1v) is 17.4. The third-order valence-corrected chi connectivity index (χ3v) is 10.2. The molecule has 0 atom stereocenters. The standard InChI is InChI=1S/C47H28N4O/c1-3-13-31(14-4-1)45-48-46(32-15-5-2-6-16-32)50-47(49-45)51-39-23-20-33(27-37(39)43-35-17-9-7-11-29(35)19-24-40(43)51)34-22-25-41-38(28-34)44-36-18-10-8-12-30(36)21-26-42(44)52-41/h1-28H. The van der Waals surface area contributed by atoms with E-state index >= 15 is 0 Å². The van der Waals surface area contributed by atoms with Crippen molar-refractivity contribution in [3.63, 3.8) is 0 Å². The van der Waals surface area contributed by atoms with Crippen LogP contribution in [0.3, 0.4) is 0 Å². The summed E-state index contributed by atoms with van der Waals surface area (Å²) in [6, 6.07) is 59.2. The highest BCUT2D eigenvalue weighted by molar-refractivity contribution is 6.22. The Balaban J connectivity index is 1.18. The van der Waals surface area contributed by atoms with Crippen LogP contribution in [0.2, 0.25) is 0 Å². The van der Waals surface area contributed by atoms with E-state index in [0.717, 1.165) is 60.6 Å². The average molecular weight is 665 g/mol. The fraction of sp³-hybridized carbons (Fsp3) is 0. The Bertz CT molecular complexity index is 3120. The van der Waals surface area contributed by atoms with E-state index in [1.807, 2.05) is 60.7 Å². The molecule has 0 amide bonds. The van der Waals surface area contributed by atoms with Gasteiger partial charge in [-0.05, 0) is 69.1 Å². The van der Waals surface area contributed by atoms with Crippen molar-refractivity contribution in [3.05, 3.63) is 170 Å². The molecule has 5 nitrogen and oxygen atoms in total. The second-order valence-corrected chi connectivity index (χ2v) is 13.2. The van der Waals surface area contributed by atoms with Crippen LogP contribution in [0.15, 0.2) is 174 Å². The van der Waals surface area contributed by atoms with Gasteiger partial charge in [-0.15, -0.1) is 0 Å². The second-order valence-electron chi connectivity index (χ2n) is 13.2. The van der Waals surface area contributed by atoms with Crippen molar-refractivity contribution in [2.24, 2.45) is 0 Å². The summed E-state index contributed by atoms with van der Waals surface area (Å²) in [5, 5.41) is 9.33. The molecule has 3 aromatic heterocycles. The normalized spacial score (nSPS) is 11.8. The first-order chi connectivity index (χ1) is 25.8. The molecule has 0 aliphatic rings. The lowest BCUT2D eigenvalue weighted by atomic mass is 9.98. The van der Waals surface area contributed by atoms with Gasteiger partial charge in [0.15, 0.2) is 11.6 Å². The van der Waals surface area contributed by atoms with Crippen LogP contribution >= 0.6 is 0 Å². The highest BCUT2D eigenvalue weighted by Gasteiger charge is 2.20. The summed E-state index contributed by atoms with van der Waals surface area (Å²) in [6.45, 7) is 0. The van der Waals surface area contributed by atoms with Gasteiger partial charge in [-0.2, -0.15) is 9.97 Å². The van der Waals surface area contributed by atoms with Crippen LogP contribution in [0.25, 0.3) is 105 Å².